The van der Waals surface area contributed by atoms with E-state index in [4.69, 9.17) is 5.26 Å². The van der Waals surface area contributed by atoms with E-state index in [0.717, 1.165) is 26.2 Å². The highest BCUT2D eigenvalue weighted by atomic mass is 16.1. The molecule has 0 spiro atoms. The Kier molecular flexibility index (Phi) is 4.09. The van der Waals surface area contributed by atoms with Crippen molar-refractivity contribution in [2.75, 3.05) is 37.6 Å². The van der Waals surface area contributed by atoms with E-state index in [0.29, 0.717) is 12.4 Å². The number of hydrogen-bond donors (Lipinski definition) is 0. The van der Waals surface area contributed by atoms with Crippen molar-refractivity contribution >= 4 is 5.82 Å². The van der Waals surface area contributed by atoms with Gasteiger partial charge in [0.2, 0.25) is 0 Å². The molecule has 1 fully saturated rings. The van der Waals surface area contributed by atoms with Crippen molar-refractivity contribution in [2.24, 2.45) is 0 Å². The summed E-state index contributed by atoms with van der Waals surface area (Å²) in [6.45, 7) is 9.51. The van der Waals surface area contributed by atoms with E-state index in [1.54, 1.807) is 17.0 Å². The maximum Gasteiger partial charge on any atom is 0.293 e. The molecule has 0 amide bonds. The van der Waals surface area contributed by atoms with Crippen molar-refractivity contribution in [3.8, 4) is 6.07 Å². The molecule has 2 heterocycles. The SMILES string of the molecule is CC(C)(C)n1ccnc(N2CCN(CC#N)CC2)c1=O. The number of nitrogens with zero attached hydrogens (tertiary/aromatic N) is 5. The molecule has 20 heavy (non-hydrogen) atoms. The molecule has 0 aromatic carbocycles. The molecular formula is C14H21N5O. The second kappa shape index (κ2) is 5.63. The van der Waals surface area contributed by atoms with Crippen molar-refractivity contribution in [3.63, 3.8) is 0 Å². The fourth-order valence-corrected chi connectivity index (χ4v) is 2.36. The summed E-state index contributed by atoms with van der Waals surface area (Å²) in [7, 11) is 0. The second-order valence-electron chi connectivity index (χ2n) is 6.02. The van der Waals surface area contributed by atoms with E-state index in [1.165, 1.54) is 0 Å². The average molecular weight is 275 g/mol. The third kappa shape index (κ3) is 2.99. The summed E-state index contributed by atoms with van der Waals surface area (Å²) in [5, 5.41) is 8.70. The van der Waals surface area contributed by atoms with Crippen molar-refractivity contribution in [3.05, 3.63) is 22.7 Å². The number of piperazine rings is 1. The van der Waals surface area contributed by atoms with E-state index < -0.39 is 0 Å². The predicted molar refractivity (Wildman–Crippen MR) is 77.8 cm³/mol. The molecule has 0 aliphatic carbocycles. The standard InChI is InChI=1S/C14H21N5O/c1-14(2,3)19-7-5-16-12(13(19)20)18-10-8-17(6-4-15)9-11-18/h5,7H,6,8-11H2,1-3H3. The van der Waals surface area contributed by atoms with Crippen LogP contribution in [0.15, 0.2) is 17.2 Å². The van der Waals surface area contributed by atoms with Crippen molar-refractivity contribution in [1.29, 1.82) is 5.26 Å². The van der Waals surface area contributed by atoms with E-state index in [-0.39, 0.29) is 11.1 Å². The fourth-order valence-electron chi connectivity index (χ4n) is 2.36. The first-order chi connectivity index (χ1) is 9.43. The van der Waals surface area contributed by atoms with E-state index in [9.17, 15) is 4.79 Å². The lowest BCUT2D eigenvalue weighted by atomic mass is 10.1. The van der Waals surface area contributed by atoms with E-state index in [1.807, 2.05) is 25.7 Å². The Hall–Kier alpha value is -1.87. The van der Waals surface area contributed by atoms with Crippen molar-refractivity contribution in [2.45, 2.75) is 26.3 Å². The van der Waals surface area contributed by atoms with Crippen LogP contribution in [0.3, 0.4) is 0 Å². The molecular weight excluding hydrogens is 254 g/mol. The van der Waals surface area contributed by atoms with Gasteiger partial charge in [-0.15, -0.1) is 0 Å². The van der Waals surface area contributed by atoms with Crippen LogP contribution in [0, 0.1) is 11.3 Å². The highest BCUT2D eigenvalue weighted by molar-refractivity contribution is 5.36. The average Bonchev–Trinajstić information content (AvgIpc) is 2.39. The quantitative estimate of drug-likeness (QED) is 0.741. The molecule has 1 aromatic rings. The Bertz CT molecular complexity index is 558. The first-order valence-corrected chi connectivity index (χ1v) is 6.86. The number of nitriles is 1. The van der Waals surface area contributed by atoms with Crippen LogP contribution >= 0.6 is 0 Å². The van der Waals surface area contributed by atoms with Gasteiger partial charge in [-0.3, -0.25) is 9.69 Å². The molecule has 0 bridgehead atoms. The second-order valence-corrected chi connectivity index (χ2v) is 6.02. The van der Waals surface area contributed by atoms with Crippen molar-refractivity contribution < 1.29 is 0 Å². The minimum Gasteiger partial charge on any atom is -0.349 e. The third-order valence-corrected chi connectivity index (χ3v) is 3.51. The normalized spacial score (nSPS) is 17.0. The molecule has 1 saturated heterocycles. The van der Waals surface area contributed by atoms with Gasteiger partial charge >= 0.3 is 0 Å². The lowest BCUT2D eigenvalue weighted by molar-refractivity contribution is 0.285. The first-order valence-electron chi connectivity index (χ1n) is 6.86. The maximum atomic E-state index is 12.5. The topological polar surface area (TPSA) is 65.2 Å². The zero-order valence-electron chi connectivity index (χ0n) is 12.3. The molecule has 0 radical (unpaired) electrons. The smallest absolute Gasteiger partial charge is 0.293 e. The summed E-state index contributed by atoms with van der Waals surface area (Å²) >= 11 is 0. The van der Waals surface area contributed by atoms with Crippen molar-refractivity contribution in [1.82, 2.24) is 14.5 Å². The highest BCUT2D eigenvalue weighted by Gasteiger charge is 2.23. The van der Waals surface area contributed by atoms with Crippen LogP contribution in [0.1, 0.15) is 20.8 Å². The van der Waals surface area contributed by atoms with Crippen LogP contribution in [-0.4, -0.2) is 47.2 Å². The van der Waals surface area contributed by atoms with Gasteiger partial charge in [0.05, 0.1) is 12.6 Å². The van der Waals surface area contributed by atoms with Gasteiger partial charge in [0.1, 0.15) is 0 Å². The molecule has 0 unspecified atom stereocenters. The molecule has 0 saturated carbocycles. The Balaban J connectivity index is 2.20. The van der Waals surface area contributed by atoms with Crippen LogP contribution in [0.4, 0.5) is 5.82 Å². The summed E-state index contributed by atoms with van der Waals surface area (Å²) < 4.78 is 1.72. The number of anilines is 1. The van der Waals surface area contributed by atoms with Gasteiger partial charge in [-0.05, 0) is 20.8 Å². The summed E-state index contributed by atoms with van der Waals surface area (Å²) in [4.78, 5) is 20.9. The number of aromatic nitrogens is 2. The van der Waals surface area contributed by atoms with Crippen LogP contribution < -0.4 is 10.5 Å². The van der Waals surface area contributed by atoms with Gasteiger partial charge in [-0.2, -0.15) is 5.26 Å². The first kappa shape index (κ1) is 14.5. The monoisotopic (exact) mass is 275 g/mol. The van der Waals surface area contributed by atoms with Crippen LogP contribution in [0.2, 0.25) is 0 Å². The summed E-state index contributed by atoms with van der Waals surface area (Å²) in [6.07, 6.45) is 3.42. The van der Waals surface area contributed by atoms with Gasteiger partial charge in [0, 0.05) is 44.1 Å². The van der Waals surface area contributed by atoms with Crippen LogP contribution in [0.25, 0.3) is 0 Å². The molecule has 1 aliphatic rings. The Morgan fingerprint density at radius 3 is 2.50 bits per heavy atom. The van der Waals surface area contributed by atoms with Gasteiger partial charge in [-0.25, -0.2) is 4.98 Å². The molecule has 6 heteroatoms. The fraction of sp³-hybridized carbons (Fsp3) is 0.643. The zero-order chi connectivity index (χ0) is 14.8. The largest absolute Gasteiger partial charge is 0.349 e. The van der Waals surface area contributed by atoms with Gasteiger partial charge in [-0.1, -0.05) is 0 Å². The third-order valence-electron chi connectivity index (χ3n) is 3.51. The number of rotatable bonds is 2. The molecule has 1 aromatic heterocycles. The molecule has 1 aliphatic heterocycles. The summed E-state index contributed by atoms with van der Waals surface area (Å²) in [6, 6.07) is 2.16. The maximum absolute atomic E-state index is 12.5. The molecule has 2 rings (SSSR count). The van der Waals surface area contributed by atoms with Gasteiger partial charge in [0.25, 0.3) is 5.56 Å². The summed E-state index contributed by atoms with van der Waals surface area (Å²) in [5.41, 5.74) is -0.300. The zero-order valence-corrected chi connectivity index (χ0v) is 12.3. The summed E-state index contributed by atoms with van der Waals surface area (Å²) in [5.74, 6) is 0.513. The van der Waals surface area contributed by atoms with Crippen LogP contribution in [0.5, 0.6) is 0 Å². The molecule has 0 atom stereocenters. The molecule has 0 N–H and O–H groups in total. The Morgan fingerprint density at radius 1 is 1.30 bits per heavy atom. The van der Waals surface area contributed by atoms with E-state index >= 15 is 0 Å². The lowest BCUT2D eigenvalue weighted by Gasteiger charge is -2.34. The minimum atomic E-state index is -0.253. The number of hydrogen-bond acceptors (Lipinski definition) is 5. The van der Waals surface area contributed by atoms with E-state index in [2.05, 4.69) is 16.0 Å². The Labute approximate surface area is 119 Å². The highest BCUT2D eigenvalue weighted by Crippen LogP contribution is 2.13. The Morgan fingerprint density at radius 2 is 1.95 bits per heavy atom. The van der Waals surface area contributed by atoms with Crippen LogP contribution in [-0.2, 0) is 5.54 Å². The predicted octanol–water partition coefficient (Wildman–Crippen LogP) is 0.644. The minimum absolute atomic E-state index is 0.0475. The van der Waals surface area contributed by atoms with Gasteiger partial charge in [0.15, 0.2) is 5.82 Å². The molecule has 108 valence electrons. The lowest BCUT2D eigenvalue weighted by Crippen LogP contribution is -2.49. The molecule has 6 nitrogen and oxygen atoms in total. The van der Waals surface area contributed by atoms with Gasteiger partial charge < -0.3 is 9.47 Å².